The Morgan fingerprint density at radius 3 is 2.77 bits per heavy atom. The number of carbonyl (C=O) groups is 2. The van der Waals surface area contributed by atoms with E-state index in [1.165, 1.54) is 0 Å². The molecule has 1 aromatic carbocycles. The van der Waals surface area contributed by atoms with E-state index < -0.39 is 17.6 Å². The van der Waals surface area contributed by atoms with Crippen molar-refractivity contribution in [3.05, 3.63) is 65.7 Å². The van der Waals surface area contributed by atoms with Crippen molar-refractivity contribution < 1.29 is 23.8 Å². The summed E-state index contributed by atoms with van der Waals surface area (Å²) < 4.78 is 19.2. The lowest BCUT2D eigenvalue weighted by Gasteiger charge is -2.33. The number of hydrogen-bond acceptors (Lipinski definition) is 8. The summed E-state index contributed by atoms with van der Waals surface area (Å²) in [6.07, 6.45) is 6.51. The molecule has 39 heavy (non-hydrogen) atoms. The number of hydrogen-bond donors (Lipinski definition) is 1. The van der Waals surface area contributed by atoms with Gasteiger partial charge >= 0.3 is 0 Å². The zero-order chi connectivity index (χ0) is 26.8. The van der Waals surface area contributed by atoms with Crippen LogP contribution in [0.25, 0.3) is 0 Å². The monoisotopic (exact) mass is 532 g/mol. The highest BCUT2D eigenvalue weighted by Gasteiger charge is 2.48. The predicted molar refractivity (Wildman–Crippen MR) is 139 cm³/mol. The van der Waals surface area contributed by atoms with Crippen LogP contribution in [0.5, 0.6) is 11.5 Å². The number of aromatic nitrogens is 4. The molecule has 11 heteroatoms. The molecular weight excluding hydrogens is 500 g/mol. The summed E-state index contributed by atoms with van der Waals surface area (Å²) in [5, 5.41) is 11.4. The van der Waals surface area contributed by atoms with Crippen LogP contribution in [0.2, 0.25) is 0 Å². The van der Waals surface area contributed by atoms with Crippen LogP contribution in [0.15, 0.2) is 48.8 Å². The van der Waals surface area contributed by atoms with Crippen LogP contribution in [0.1, 0.15) is 47.4 Å². The minimum Gasteiger partial charge on any atom is -0.497 e. The van der Waals surface area contributed by atoms with Crippen molar-refractivity contribution >= 4 is 11.8 Å². The molecule has 0 radical (unpaired) electrons. The number of methoxy groups -OCH3 is 1. The molecule has 1 N–H and O–H groups in total. The van der Waals surface area contributed by atoms with E-state index >= 15 is 0 Å². The highest BCUT2D eigenvalue weighted by atomic mass is 16.5. The van der Waals surface area contributed by atoms with E-state index in [0.717, 1.165) is 37.0 Å². The fourth-order valence-corrected chi connectivity index (χ4v) is 5.93. The summed E-state index contributed by atoms with van der Waals surface area (Å²) in [7, 11) is 1.63. The third kappa shape index (κ3) is 4.94. The molecule has 0 unspecified atom stereocenters. The molecule has 2 fully saturated rings. The fourth-order valence-electron chi connectivity index (χ4n) is 5.93. The van der Waals surface area contributed by atoms with E-state index in [0.29, 0.717) is 37.7 Å². The molecule has 4 heterocycles. The largest absolute Gasteiger partial charge is 0.497 e. The van der Waals surface area contributed by atoms with Gasteiger partial charge in [-0.2, -0.15) is 0 Å². The summed E-state index contributed by atoms with van der Waals surface area (Å²) in [6.45, 7) is 1.69. The number of carbonyl (C=O) groups excluding carboxylic acids is 2. The Hall–Kier alpha value is -3.99. The highest BCUT2D eigenvalue weighted by Crippen LogP contribution is 2.43. The molecule has 2 aliphatic heterocycles. The molecule has 2 bridgehead atoms. The summed E-state index contributed by atoms with van der Waals surface area (Å²) in [4.78, 5) is 33.7. The van der Waals surface area contributed by atoms with Crippen LogP contribution in [-0.4, -0.2) is 75.6 Å². The van der Waals surface area contributed by atoms with Crippen molar-refractivity contribution in [2.24, 2.45) is 0 Å². The van der Waals surface area contributed by atoms with Crippen molar-refractivity contribution in [2.75, 3.05) is 26.8 Å². The smallest absolute Gasteiger partial charge is 0.274 e. The van der Waals surface area contributed by atoms with Gasteiger partial charge in [-0.25, -0.2) is 9.67 Å². The summed E-state index contributed by atoms with van der Waals surface area (Å²) in [5.74, 6) is 0.857. The average molecular weight is 533 g/mol. The first kappa shape index (κ1) is 25.3. The molecule has 2 atom stereocenters. The van der Waals surface area contributed by atoms with Gasteiger partial charge in [0.05, 0.1) is 44.0 Å². The zero-order valence-corrected chi connectivity index (χ0v) is 21.9. The standard InChI is InChI=1S/C28H32N6O5/c1-37-21-8-6-19(7-9-21)28(10-2-3-11-28)27(36)33-16-22-24(17-33)39-18-20-15-34(32-31-20)13-14-38-23-5-4-12-29-25(23)26(35)30-22/h4-9,12,15,22,24H,2-3,10-11,13-14,16-18H2,1H3,(H,30,35)/t22-,24-/m0/s1. The van der Waals surface area contributed by atoms with Crippen molar-refractivity contribution in [1.29, 1.82) is 0 Å². The average Bonchev–Trinajstić information content (AvgIpc) is 3.72. The lowest BCUT2D eigenvalue weighted by molar-refractivity contribution is -0.136. The van der Waals surface area contributed by atoms with E-state index in [4.69, 9.17) is 14.2 Å². The first-order valence-corrected chi connectivity index (χ1v) is 13.4. The van der Waals surface area contributed by atoms with Gasteiger partial charge in [-0.1, -0.05) is 30.2 Å². The van der Waals surface area contributed by atoms with Crippen LogP contribution >= 0.6 is 0 Å². The second-order valence-electron chi connectivity index (χ2n) is 10.3. The molecule has 2 amide bonds. The van der Waals surface area contributed by atoms with Gasteiger partial charge in [0.2, 0.25) is 5.91 Å². The maximum Gasteiger partial charge on any atom is 0.274 e. The number of ether oxygens (including phenoxy) is 3. The van der Waals surface area contributed by atoms with Gasteiger partial charge in [-0.3, -0.25) is 9.59 Å². The molecule has 1 saturated carbocycles. The number of likely N-dealkylation sites (tertiary alicyclic amines) is 1. The highest BCUT2D eigenvalue weighted by molar-refractivity contribution is 5.95. The first-order chi connectivity index (χ1) is 19.1. The topological polar surface area (TPSA) is 121 Å². The Balaban J connectivity index is 1.28. The molecule has 3 aliphatic rings. The van der Waals surface area contributed by atoms with Crippen LogP contribution < -0.4 is 14.8 Å². The lowest BCUT2D eigenvalue weighted by atomic mass is 9.77. The molecule has 6 rings (SSSR count). The quantitative estimate of drug-likeness (QED) is 0.545. The van der Waals surface area contributed by atoms with E-state index in [1.807, 2.05) is 35.4 Å². The van der Waals surface area contributed by atoms with Crippen molar-refractivity contribution in [3.63, 3.8) is 0 Å². The fraction of sp³-hybridized carbons (Fsp3) is 0.464. The Morgan fingerprint density at radius 1 is 1.15 bits per heavy atom. The lowest BCUT2D eigenvalue weighted by Crippen LogP contribution is -2.46. The Bertz CT molecular complexity index is 1340. The first-order valence-electron chi connectivity index (χ1n) is 13.4. The van der Waals surface area contributed by atoms with Gasteiger partial charge < -0.3 is 24.4 Å². The Kier molecular flexibility index (Phi) is 6.90. The van der Waals surface area contributed by atoms with E-state index in [9.17, 15) is 9.59 Å². The van der Waals surface area contributed by atoms with E-state index in [1.54, 1.807) is 30.1 Å². The van der Waals surface area contributed by atoms with Gasteiger partial charge in [0.25, 0.3) is 5.91 Å². The SMILES string of the molecule is COc1ccc(C2(C(=O)N3C[C@@H]4NC(=O)c5ncccc5OCCn5cc(nn5)CO[C@H]4C3)CCCC2)cc1. The number of benzene rings is 1. The van der Waals surface area contributed by atoms with Crippen molar-refractivity contribution in [1.82, 2.24) is 30.2 Å². The van der Waals surface area contributed by atoms with E-state index in [2.05, 4.69) is 20.6 Å². The zero-order valence-electron chi connectivity index (χ0n) is 21.9. The second-order valence-corrected chi connectivity index (χ2v) is 10.3. The number of pyridine rings is 1. The van der Waals surface area contributed by atoms with Gasteiger partial charge in [0, 0.05) is 19.3 Å². The minimum atomic E-state index is -0.598. The van der Waals surface area contributed by atoms with Gasteiger partial charge in [-0.15, -0.1) is 5.10 Å². The molecule has 204 valence electrons. The molecule has 0 spiro atoms. The van der Waals surface area contributed by atoms with Gasteiger partial charge in [0.15, 0.2) is 11.4 Å². The predicted octanol–water partition coefficient (Wildman–Crippen LogP) is 2.11. The molecule has 1 saturated heterocycles. The molecule has 11 nitrogen and oxygen atoms in total. The number of nitrogens with zero attached hydrogens (tertiary/aromatic N) is 5. The Labute approximate surface area is 226 Å². The summed E-state index contributed by atoms with van der Waals surface area (Å²) in [6, 6.07) is 10.8. The molecule has 3 aromatic rings. The van der Waals surface area contributed by atoms with E-state index in [-0.39, 0.29) is 24.1 Å². The summed E-state index contributed by atoms with van der Waals surface area (Å²) >= 11 is 0. The third-order valence-corrected chi connectivity index (χ3v) is 7.97. The molecule has 1 aliphatic carbocycles. The number of nitrogens with one attached hydrogen (secondary N) is 1. The van der Waals surface area contributed by atoms with Gasteiger partial charge in [-0.05, 0) is 42.7 Å². The van der Waals surface area contributed by atoms with Crippen molar-refractivity contribution in [2.45, 2.75) is 56.4 Å². The Morgan fingerprint density at radius 2 is 1.97 bits per heavy atom. The number of fused-ring (bicyclic) bond motifs is 4. The van der Waals surface area contributed by atoms with Crippen LogP contribution in [0.4, 0.5) is 0 Å². The number of rotatable bonds is 3. The number of amides is 2. The third-order valence-electron chi connectivity index (χ3n) is 7.97. The normalized spacial score (nSPS) is 22.7. The maximum absolute atomic E-state index is 14.2. The van der Waals surface area contributed by atoms with Crippen LogP contribution in [-0.2, 0) is 28.1 Å². The maximum atomic E-state index is 14.2. The van der Waals surface area contributed by atoms with Crippen molar-refractivity contribution in [3.8, 4) is 11.5 Å². The minimum absolute atomic E-state index is 0.0706. The summed E-state index contributed by atoms with van der Waals surface area (Å²) in [5.41, 5.74) is 1.28. The van der Waals surface area contributed by atoms with Crippen LogP contribution in [0.3, 0.4) is 0 Å². The second kappa shape index (κ2) is 10.6. The molecule has 2 aromatic heterocycles. The molecular formula is C28H32N6O5. The van der Waals surface area contributed by atoms with Crippen LogP contribution in [0, 0.1) is 0 Å². The van der Waals surface area contributed by atoms with Gasteiger partial charge in [0.1, 0.15) is 18.1 Å².